The molecule has 0 fully saturated rings. The summed E-state index contributed by atoms with van der Waals surface area (Å²) < 4.78 is 7.84. The van der Waals surface area contributed by atoms with E-state index in [9.17, 15) is 0 Å². The average molecular weight is 446 g/mol. The third-order valence-corrected chi connectivity index (χ3v) is 5.76. The predicted octanol–water partition coefficient (Wildman–Crippen LogP) is 5.92. The van der Waals surface area contributed by atoms with Crippen LogP contribution in [0.3, 0.4) is 0 Å². The Hall–Kier alpha value is -2.35. The molecular formula is C20H17Cl2N5OS. The SMILES string of the molecule is CCn1c(SCc2nnc(-c3ccc(Cl)cc3Cl)o2)nnc1-c1cccc(C)c1. The van der Waals surface area contributed by atoms with Crippen LogP contribution in [0.15, 0.2) is 52.0 Å². The molecule has 2 aromatic carbocycles. The highest BCUT2D eigenvalue weighted by Gasteiger charge is 2.16. The summed E-state index contributed by atoms with van der Waals surface area (Å²) in [5.74, 6) is 2.17. The molecule has 6 nitrogen and oxygen atoms in total. The van der Waals surface area contributed by atoms with Crippen LogP contribution in [0, 0.1) is 6.92 Å². The Balaban J connectivity index is 1.52. The van der Waals surface area contributed by atoms with E-state index in [4.69, 9.17) is 27.6 Å². The zero-order valence-corrected chi connectivity index (χ0v) is 18.1. The van der Waals surface area contributed by atoms with Crippen molar-refractivity contribution >= 4 is 35.0 Å². The summed E-state index contributed by atoms with van der Waals surface area (Å²) in [7, 11) is 0. The minimum atomic E-state index is 0.361. The van der Waals surface area contributed by atoms with Gasteiger partial charge < -0.3 is 8.98 Å². The number of rotatable bonds is 6. The number of thioether (sulfide) groups is 1. The molecule has 0 atom stereocenters. The Bertz CT molecular complexity index is 1160. The topological polar surface area (TPSA) is 69.6 Å². The first-order valence-corrected chi connectivity index (χ1v) is 10.7. The van der Waals surface area contributed by atoms with E-state index >= 15 is 0 Å². The lowest BCUT2D eigenvalue weighted by atomic mass is 10.1. The Labute approximate surface area is 182 Å². The minimum Gasteiger partial charge on any atom is -0.420 e. The minimum absolute atomic E-state index is 0.361. The van der Waals surface area contributed by atoms with Gasteiger partial charge in [-0.15, -0.1) is 20.4 Å². The number of hydrogen-bond acceptors (Lipinski definition) is 6. The van der Waals surface area contributed by atoms with Crippen molar-refractivity contribution in [3.05, 3.63) is 64.0 Å². The van der Waals surface area contributed by atoms with Gasteiger partial charge in [0.05, 0.1) is 16.3 Å². The molecule has 0 saturated heterocycles. The Morgan fingerprint density at radius 1 is 1.03 bits per heavy atom. The number of halogens is 2. The molecule has 0 unspecified atom stereocenters. The van der Waals surface area contributed by atoms with Crippen LogP contribution in [-0.4, -0.2) is 25.0 Å². The number of aryl methyl sites for hydroxylation is 1. The molecule has 0 aliphatic heterocycles. The Morgan fingerprint density at radius 2 is 1.90 bits per heavy atom. The van der Waals surface area contributed by atoms with Gasteiger partial charge >= 0.3 is 0 Å². The monoisotopic (exact) mass is 445 g/mol. The van der Waals surface area contributed by atoms with Gasteiger partial charge in [-0.1, -0.05) is 58.7 Å². The number of nitrogens with zero attached hydrogens (tertiary/aromatic N) is 5. The molecule has 0 bridgehead atoms. The molecule has 0 amide bonds. The van der Waals surface area contributed by atoms with E-state index in [1.54, 1.807) is 18.2 Å². The second kappa shape index (κ2) is 8.57. The zero-order valence-electron chi connectivity index (χ0n) is 15.8. The lowest BCUT2D eigenvalue weighted by Gasteiger charge is -2.07. The van der Waals surface area contributed by atoms with Crippen molar-refractivity contribution in [3.63, 3.8) is 0 Å². The summed E-state index contributed by atoms with van der Waals surface area (Å²) in [4.78, 5) is 0. The van der Waals surface area contributed by atoms with Gasteiger partial charge in [0, 0.05) is 17.1 Å². The molecule has 2 heterocycles. The van der Waals surface area contributed by atoms with Gasteiger partial charge in [0.15, 0.2) is 11.0 Å². The van der Waals surface area contributed by atoms with Crippen LogP contribution in [0.4, 0.5) is 0 Å². The van der Waals surface area contributed by atoms with Gasteiger partial charge in [-0.3, -0.25) is 0 Å². The third kappa shape index (κ3) is 4.32. The molecule has 148 valence electrons. The zero-order chi connectivity index (χ0) is 20.4. The largest absolute Gasteiger partial charge is 0.420 e. The van der Waals surface area contributed by atoms with Crippen molar-refractivity contribution in [2.75, 3.05) is 0 Å². The quantitative estimate of drug-likeness (QED) is 0.343. The fourth-order valence-electron chi connectivity index (χ4n) is 2.89. The first-order valence-electron chi connectivity index (χ1n) is 8.96. The second-order valence-corrected chi connectivity index (χ2v) is 8.12. The van der Waals surface area contributed by atoms with Crippen LogP contribution >= 0.6 is 35.0 Å². The first kappa shape index (κ1) is 19.9. The van der Waals surface area contributed by atoms with Crippen molar-refractivity contribution in [2.24, 2.45) is 0 Å². The van der Waals surface area contributed by atoms with Crippen molar-refractivity contribution in [1.29, 1.82) is 0 Å². The lowest BCUT2D eigenvalue weighted by molar-refractivity contribution is 0.528. The molecule has 2 aromatic heterocycles. The van der Waals surface area contributed by atoms with E-state index in [-0.39, 0.29) is 0 Å². The summed E-state index contributed by atoms with van der Waals surface area (Å²) in [5, 5.41) is 18.8. The normalized spacial score (nSPS) is 11.2. The maximum atomic E-state index is 6.22. The van der Waals surface area contributed by atoms with Crippen molar-refractivity contribution in [1.82, 2.24) is 25.0 Å². The number of aromatic nitrogens is 5. The third-order valence-electron chi connectivity index (χ3n) is 4.26. The maximum Gasteiger partial charge on any atom is 0.249 e. The lowest BCUT2D eigenvalue weighted by Crippen LogP contribution is -2.00. The van der Waals surface area contributed by atoms with Gasteiger partial charge in [0.2, 0.25) is 11.8 Å². The highest BCUT2D eigenvalue weighted by Crippen LogP contribution is 2.31. The van der Waals surface area contributed by atoms with Crippen LogP contribution in [-0.2, 0) is 12.3 Å². The molecule has 29 heavy (non-hydrogen) atoms. The van der Waals surface area contributed by atoms with Gasteiger partial charge in [0.25, 0.3) is 0 Å². The van der Waals surface area contributed by atoms with Crippen molar-refractivity contribution < 1.29 is 4.42 Å². The van der Waals surface area contributed by atoms with Crippen LogP contribution < -0.4 is 0 Å². The predicted molar refractivity (Wildman–Crippen MR) is 115 cm³/mol. The highest BCUT2D eigenvalue weighted by atomic mass is 35.5. The van der Waals surface area contributed by atoms with Gasteiger partial charge in [-0.25, -0.2) is 0 Å². The van der Waals surface area contributed by atoms with E-state index in [2.05, 4.69) is 50.9 Å². The number of hydrogen-bond donors (Lipinski definition) is 0. The molecule has 0 N–H and O–H groups in total. The molecule has 9 heteroatoms. The van der Waals surface area contributed by atoms with E-state index in [1.807, 2.05) is 12.1 Å². The number of benzene rings is 2. The molecule has 0 aliphatic rings. The molecule has 0 saturated carbocycles. The van der Waals surface area contributed by atoms with E-state index in [0.717, 1.165) is 23.1 Å². The summed E-state index contributed by atoms with van der Waals surface area (Å²) in [6.45, 7) is 4.89. The van der Waals surface area contributed by atoms with Gasteiger partial charge in [-0.05, 0) is 38.1 Å². The molecule has 4 aromatic rings. The van der Waals surface area contributed by atoms with Crippen LogP contribution in [0.25, 0.3) is 22.8 Å². The van der Waals surface area contributed by atoms with E-state index in [1.165, 1.54) is 17.3 Å². The summed E-state index contributed by atoms with van der Waals surface area (Å²) in [6, 6.07) is 13.4. The Kier molecular flexibility index (Phi) is 5.89. The van der Waals surface area contributed by atoms with Crippen LogP contribution in [0.2, 0.25) is 10.0 Å². The summed E-state index contributed by atoms with van der Waals surface area (Å²) in [6.07, 6.45) is 0. The molecule has 0 aliphatic carbocycles. The molecule has 0 radical (unpaired) electrons. The Morgan fingerprint density at radius 3 is 2.66 bits per heavy atom. The fraction of sp³-hybridized carbons (Fsp3) is 0.200. The van der Waals surface area contributed by atoms with Crippen molar-refractivity contribution in [3.8, 4) is 22.8 Å². The molecular weight excluding hydrogens is 429 g/mol. The average Bonchev–Trinajstić information content (AvgIpc) is 3.33. The smallest absolute Gasteiger partial charge is 0.249 e. The fourth-order valence-corrected chi connectivity index (χ4v) is 4.22. The standard InChI is InChI=1S/C20H17Cl2N5OS/c1-3-27-18(13-6-4-5-12(2)9-13)24-26-20(27)29-11-17-23-25-19(28-17)15-8-7-14(21)10-16(15)22/h4-10H,3,11H2,1-2H3. The van der Waals surface area contributed by atoms with E-state index in [0.29, 0.717) is 33.1 Å². The van der Waals surface area contributed by atoms with E-state index < -0.39 is 0 Å². The van der Waals surface area contributed by atoms with Gasteiger partial charge in [-0.2, -0.15) is 0 Å². The second-order valence-electron chi connectivity index (χ2n) is 6.33. The van der Waals surface area contributed by atoms with Crippen LogP contribution in [0.5, 0.6) is 0 Å². The van der Waals surface area contributed by atoms with Crippen molar-refractivity contribution in [2.45, 2.75) is 31.3 Å². The highest BCUT2D eigenvalue weighted by molar-refractivity contribution is 7.98. The summed E-state index contributed by atoms with van der Waals surface area (Å²) in [5.41, 5.74) is 2.88. The van der Waals surface area contributed by atoms with Crippen LogP contribution in [0.1, 0.15) is 18.4 Å². The van der Waals surface area contributed by atoms with Gasteiger partial charge in [0.1, 0.15) is 0 Å². The summed E-state index contributed by atoms with van der Waals surface area (Å²) >= 11 is 13.7. The first-order chi connectivity index (χ1) is 14.0. The molecule has 4 rings (SSSR count). The maximum absolute atomic E-state index is 6.22. The molecule has 0 spiro atoms.